The van der Waals surface area contributed by atoms with Gasteiger partial charge in [-0.2, -0.15) is 0 Å². The van der Waals surface area contributed by atoms with Crippen molar-refractivity contribution in [3.8, 4) is 0 Å². The van der Waals surface area contributed by atoms with Crippen LogP contribution in [0.25, 0.3) is 0 Å². The molecule has 0 aliphatic heterocycles. The van der Waals surface area contributed by atoms with E-state index in [9.17, 15) is 19.2 Å². The van der Waals surface area contributed by atoms with Gasteiger partial charge in [-0.3, -0.25) is 9.59 Å². The summed E-state index contributed by atoms with van der Waals surface area (Å²) in [5.74, 6) is -1.55. The number of aromatic nitrogens is 1. The summed E-state index contributed by atoms with van der Waals surface area (Å²) in [6.45, 7) is 4.77. The lowest BCUT2D eigenvalue weighted by Crippen LogP contribution is -2.16. The maximum atomic E-state index is 12.5. The summed E-state index contributed by atoms with van der Waals surface area (Å²) >= 11 is 0. The Labute approximate surface area is 173 Å². The van der Waals surface area contributed by atoms with Crippen LogP contribution in [0.1, 0.15) is 62.2 Å². The fourth-order valence-electron chi connectivity index (χ4n) is 3.10. The average Bonchev–Trinajstić information content (AvgIpc) is 3.52. The molecule has 0 saturated heterocycles. The molecule has 1 amide bonds. The summed E-state index contributed by atoms with van der Waals surface area (Å²) in [5.41, 5.74) is 2.37. The van der Waals surface area contributed by atoms with Gasteiger partial charge in [0.15, 0.2) is 6.61 Å². The van der Waals surface area contributed by atoms with E-state index in [1.54, 1.807) is 32.9 Å². The van der Waals surface area contributed by atoms with Crippen molar-refractivity contribution in [1.82, 2.24) is 4.98 Å². The Kier molecular flexibility index (Phi) is 6.34. The molecular weight excluding hydrogens is 388 g/mol. The van der Waals surface area contributed by atoms with E-state index in [4.69, 9.17) is 9.47 Å². The summed E-state index contributed by atoms with van der Waals surface area (Å²) in [5, 5.41) is 2.79. The van der Waals surface area contributed by atoms with Crippen LogP contribution in [0.3, 0.4) is 0 Å². The van der Waals surface area contributed by atoms with Gasteiger partial charge in [0.05, 0.1) is 23.4 Å². The number of carbonyl (C=O) groups excluding carboxylic acids is 4. The van der Waals surface area contributed by atoms with Gasteiger partial charge in [-0.05, 0) is 63.4 Å². The van der Waals surface area contributed by atoms with E-state index >= 15 is 0 Å². The number of esters is 2. The number of aryl methyl sites for hydroxylation is 1. The Hall–Kier alpha value is -3.42. The van der Waals surface area contributed by atoms with E-state index in [2.05, 4.69) is 10.3 Å². The van der Waals surface area contributed by atoms with Crippen molar-refractivity contribution in [2.24, 2.45) is 5.92 Å². The summed E-state index contributed by atoms with van der Waals surface area (Å²) < 4.78 is 10.1. The Morgan fingerprint density at radius 3 is 2.30 bits per heavy atom. The minimum absolute atomic E-state index is 0.0188. The van der Waals surface area contributed by atoms with E-state index in [0.29, 0.717) is 22.5 Å². The number of ether oxygens (including phenoxy) is 2. The lowest BCUT2D eigenvalue weighted by Gasteiger charge is -2.07. The van der Waals surface area contributed by atoms with Crippen LogP contribution < -0.4 is 5.32 Å². The molecule has 1 heterocycles. The maximum absolute atomic E-state index is 12.5. The van der Waals surface area contributed by atoms with Crippen molar-refractivity contribution in [2.75, 3.05) is 18.5 Å². The highest BCUT2D eigenvalue weighted by molar-refractivity contribution is 6.03. The number of aromatic amines is 1. The number of rotatable bonds is 8. The third kappa shape index (κ3) is 4.76. The molecule has 2 aromatic rings. The van der Waals surface area contributed by atoms with Crippen LogP contribution in [0.2, 0.25) is 0 Å². The van der Waals surface area contributed by atoms with Crippen molar-refractivity contribution >= 4 is 29.3 Å². The molecule has 0 spiro atoms. The molecule has 8 nitrogen and oxygen atoms in total. The zero-order chi connectivity index (χ0) is 21.8. The zero-order valence-corrected chi connectivity index (χ0v) is 17.2. The highest BCUT2D eigenvalue weighted by Gasteiger charge is 2.29. The number of Topliss-reactive ketones (excluding diaryl/α,β-unsaturated/α-hetero) is 1. The number of amides is 1. The molecule has 0 radical (unpaired) electrons. The van der Waals surface area contributed by atoms with Crippen LogP contribution in [0.5, 0.6) is 0 Å². The van der Waals surface area contributed by atoms with Crippen molar-refractivity contribution < 1.29 is 28.7 Å². The number of H-pyrrole nitrogens is 1. The number of carbonyl (C=O) groups is 4. The van der Waals surface area contributed by atoms with Crippen LogP contribution in [-0.2, 0) is 14.3 Å². The molecule has 1 aliphatic carbocycles. The fraction of sp³-hybridized carbons (Fsp3) is 0.364. The second kappa shape index (κ2) is 8.94. The van der Waals surface area contributed by atoms with E-state index in [0.717, 1.165) is 12.8 Å². The monoisotopic (exact) mass is 412 g/mol. The Balaban J connectivity index is 1.59. The van der Waals surface area contributed by atoms with Gasteiger partial charge in [0.2, 0.25) is 11.7 Å². The van der Waals surface area contributed by atoms with E-state index in [-0.39, 0.29) is 29.7 Å². The van der Waals surface area contributed by atoms with Crippen molar-refractivity contribution in [2.45, 2.75) is 33.6 Å². The normalized spacial score (nSPS) is 12.9. The lowest BCUT2D eigenvalue weighted by molar-refractivity contribution is -0.117. The molecule has 0 atom stereocenters. The molecular formula is C22H24N2O6. The SMILES string of the molecule is CCOC(=O)c1c(C)[nH]c(C(=O)COC(=O)c2ccc(NC(=O)C3CC3)cc2)c1C. The number of hydrogen-bond donors (Lipinski definition) is 2. The van der Waals surface area contributed by atoms with Crippen LogP contribution in [0.15, 0.2) is 24.3 Å². The molecule has 158 valence electrons. The predicted octanol–water partition coefficient (Wildman–Crippen LogP) is 3.20. The highest BCUT2D eigenvalue weighted by atomic mass is 16.5. The van der Waals surface area contributed by atoms with E-state index in [1.807, 2.05) is 0 Å². The quantitative estimate of drug-likeness (QED) is 0.508. The second-order valence-corrected chi connectivity index (χ2v) is 7.19. The van der Waals surface area contributed by atoms with Crippen molar-refractivity contribution in [1.29, 1.82) is 0 Å². The van der Waals surface area contributed by atoms with Crippen molar-refractivity contribution in [3.63, 3.8) is 0 Å². The summed E-state index contributed by atoms with van der Waals surface area (Å²) in [7, 11) is 0. The van der Waals surface area contributed by atoms with Gasteiger partial charge in [-0.25, -0.2) is 9.59 Å². The Morgan fingerprint density at radius 1 is 1.03 bits per heavy atom. The minimum Gasteiger partial charge on any atom is -0.462 e. The molecule has 0 bridgehead atoms. The first-order chi connectivity index (χ1) is 14.3. The van der Waals surface area contributed by atoms with Crippen LogP contribution >= 0.6 is 0 Å². The smallest absolute Gasteiger partial charge is 0.340 e. The van der Waals surface area contributed by atoms with Gasteiger partial charge < -0.3 is 19.8 Å². The summed E-state index contributed by atoms with van der Waals surface area (Å²) in [6.07, 6.45) is 1.82. The van der Waals surface area contributed by atoms with Gasteiger partial charge in [0, 0.05) is 17.3 Å². The van der Waals surface area contributed by atoms with Gasteiger partial charge in [-0.15, -0.1) is 0 Å². The van der Waals surface area contributed by atoms with E-state index in [1.165, 1.54) is 12.1 Å². The first kappa shape index (κ1) is 21.3. The highest BCUT2D eigenvalue weighted by Crippen LogP contribution is 2.30. The largest absolute Gasteiger partial charge is 0.462 e. The van der Waals surface area contributed by atoms with Crippen molar-refractivity contribution in [3.05, 3.63) is 52.3 Å². The number of anilines is 1. The topological polar surface area (TPSA) is 115 Å². The average molecular weight is 412 g/mol. The molecule has 30 heavy (non-hydrogen) atoms. The fourth-order valence-corrected chi connectivity index (χ4v) is 3.10. The Bertz CT molecular complexity index is 986. The van der Waals surface area contributed by atoms with Gasteiger partial charge in [0.25, 0.3) is 0 Å². The third-order valence-electron chi connectivity index (χ3n) is 4.87. The van der Waals surface area contributed by atoms with Crippen LogP contribution in [0, 0.1) is 19.8 Å². The summed E-state index contributed by atoms with van der Waals surface area (Å²) in [4.78, 5) is 51.4. The Morgan fingerprint density at radius 2 is 1.70 bits per heavy atom. The van der Waals surface area contributed by atoms with E-state index < -0.39 is 24.3 Å². The molecule has 1 aromatic carbocycles. The molecule has 1 fully saturated rings. The number of ketones is 1. The molecule has 1 aliphatic rings. The van der Waals surface area contributed by atoms with Crippen LogP contribution in [-0.4, -0.2) is 41.8 Å². The summed E-state index contributed by atoms with van der Waals surface area (Å²) in [6, 6.07) is 6.28. The number of benzene rings is 1. The number of nitrogens with one attached hydrogen (secondary N) is 2. The van der Waals surface area contributed by atoms with Gasteiger partial charge in [0.1, 0.15) is 0 Å². The van der Waals surface area contributed by atoms with Crippen LogP contribution in [0.4, 0.5) is 5.69 Å². The minimum atomic E-state index is -0.657. The molecule has 0 unspecified atom stereocenters. The molecule has 8 heteroatoms. The molecule has 2 N–H and O–H groups in total. The molecule has 1 saturated carbocycles. The third-order valence-corrected chi connectivity index (χ3v) is 4.87. The first-order valence-electron chi connectivity index (χ1n) is 9.79. The second-order valence-electron chi connectivity index (χ2n) is 7.19. The number of hydrogen-bond acceptors (Lipinski definition) is 6. The zero-order valence-electron chi connectivity index (χ0n) is 17.2. The maximum Gasteiger partial charge on any atom is 0.340 e. The predicted molar refractivity (Wildman–Crippen MR) is 109 cm³/mol. The molecule has 3 rings (SSSR count). The standard InChI is InChI=1S/C22H24N2O6/c1-4-29-22(28)18-12(2)19(23-13(18)3)17(25)11-30-21(27)15-7-9-16(10-8-15)24-20(26)14-5-6-14/h7-10,14,23H,4-6,11H2,1-3H3,(H,24,26). The van der Waals surface area contributed by atoms with Gasteiger partial charge >= 0.3 is 11.9 Å². The van der Waals surface area contributed by atoms with Gasteiger partial charge in [-0.1, -0.05) is 0 Å². The first-order valence-corrected chi connectivity index (χ1v) is 9.79. The molecule has 1 aromatic heterocycles. The lowest BCUT2D eigenvalue weighted by atomic mass is 10.1.